The summed E-state index contributed by atoms with van der Waals surface area (Å²) < 4.78 is 0. The zero-order valence-electron chi connectivity index (χ0n) is 19.4. The number of hydrogen-bond donors (Lipinski definition) is 0. The van der Waals surface area contributed by atoms with Crippen molar-refractivity contribution >= 4 is 17.6 Å². The number of aromatic nitrogens is 3. The molecule has 2 aromatic rings. The van der Waals surface area contributed by atoms with Crippen molar-refractivity contribution in [2.45, 2.75) is 64.5 Å². The Morgan fingerprint density at radius 2 is 1.88 bits per heavy atom. The van der Waals surface area contributed by atoms with Crippen molar-refractivity contribution in [3.05, 3.63) is 47.2 Å². The van der Waals surface area contributed by atoms with Crippen molar-refractivity contribution in [3.63, 3.8) is 0 Å². The minimum Gasteiger partial charge on any atom is -0.331 e. The molecule has 2 aromatic heterocycles. The van der Waals surface area contributed by atoms with Gasteiger partial charge >= 0.3 is 0 Å². The average molecular weight is 449 g/mol. The summed E-state index contributed by atoms with van der Waals surface area (Å²) >= 11 is 0. The highest BCUT2D eigenvalue weighted by atomic mass is 16.2. The number of piperidine rings is 1. The number of anilines is 1. The maximum absolute atomic E-state index is 13.2. The van der Waals surface area contributed by atoms with Crippen LogP contribution in [0.3, 0.4) is 0 Å². The predicted octanol–water partition coefficient (Wildman–Crippen LogP) is 2.81. The van der Waals surface area contributed by atoms with Gasteiger partial charge in [-0.3, -0.25) is 24.4 Å². The Morgan fingerprint density at radius 3 is 2.67 bits per heavy atom. The van der Waals surface area contributed by atoms with E-state index in [-0.39, 0.29) is 17.9 Å². The van der Waals surface area contributed by atoms with Crippen LogP contribution in [0.5, 0.6) is 0 Å². The van der Waals surface area contributed by atoms with E-state index in [0.717, 1.165) is 55.8 Å². The van der Waals surface area contributed by atoms with Crippen LogP contribution in [0.1, 0.15) is 67.3 Å². The Morgan fingerprint density at radius 1 is 1.06 bits per heavy atom. The molecule has 0 bridgehead atoms. The summed E-state index contributed by atoms with van der Waals surface area (Å²) in [6, 6.07) is 5.60. The minimum atomic E-state index is -0.133. The summed E-state index contributed by atoms with van der Waals surface area (Å²) in [6.07, 6.45) is 8.11. The molecule has 0 spiro atoms. The topological polar surface area (TPSA) is 82.5 Å². The molecule has 1 atom stereocenters. The van der Waals surface area contributed by atoms with Crippen molar-refractivity contribution in [3.8, 4) is 0 Å². The number of hydrogen-bond acceptors (Lipinski definition) is 6. The van der Waals surface area contributed by atoms with Gasteiger partial charge in [0.25, 0.3) is 0 Å². The number of carbonyl (C=O) groups is 2. The average Bonchev–Trinajstić information content (AvgIpc) is 3.34. The van der Waals surface area contributed by atoms with Gasteiger partial charge in [-0.1, -0.05) is 6.07 Å². The van der Waals surface area contributed by atoms with Gasteiger partial charge in [0, 0.05) is 30.4 Å². The molecule has 33 heavy (non-hydrogen) atoms. The van der Waals surface area contributed by atoms with Crippen LogP contribution in [0.4, 0.5) is 5.82 Å². The van der Waals surface area contributed by atoms with Gasteiger partial charge in [-0.25, -0.2) is 9.97 Å². The molecule has 0 radical (unpaired) electrons. The number of fused-ring (bicyclic) bond motifs is 1. The summed E-state index contributed by atoms with van der Waals surface area (Å²) in [5, 5.41) is 0. The molecular weight excluding hydrogens is 416 g/mol. The molecule has 5 heterocycles. The van der Waals surface area contributed by atoms with Crippen LogP contribution in [-0.2, 0) is 22.6 Å². The van der Waals surface area contributed by atoms with Gasteiger partial charge in [-0.15, -0.1) is 0 Å². The Kier molecular flexibility index (Phi) is 6.35. The van der Waals surface area contributed by atoms with Crippen LogP contribution in [0.15, 0.2) is 24.4 Å². The number of pyridine rings is 1. The number of nitrogens with zero attached hydrogens (tertiary/aromatic N) is 6. The summed E-state index contributed by atoms with van der Waals surface area (Å²) in [7, 11) is 0. The van der Waals surface area contributed by atoms with Gasteiger partial charge < -0.3 is 4.90 Å². The standard InChI is InChI=1S/C25H32N6O2/c1-18-20-10-11-22(32)31(16-19-8-2-4-12-26-19)25(20)28-24(27-18)21-9-3-5-15-30(21)23(33)17-29-13-6-7-14-29/h2,4,8,12,21H,3,5-7,9-11,13-17H2,1H3/t21-/m1/s1. The van der Waals surface area contributed by atoms with E-state index in [9.17, 15) is 9.59 Å². The highest BCUT2D eigenvalue weighted by Crippen LogP contribution is 2.34. The normalized spacial score (nSPS) is 21.4. The van der Waals surface area contributed by atoms with E-state index in [0.29, 0.717) is 37.6 Å². The molecule has 3 aliphatic heterocycles. The van der Waals surface area contributed by atoms with Gasteiger partial charge in [0.05, 0.1) is 24.8 Å². The molecule has 174 valence electrons. The molecule has 2 fully saturated rings. The quantitative estimate of drug-likeness (QED) is 0.700. The van der Waals surface area contributed by atoms with Crippen LogP contribution in [0.2, 0.25) is 0 Å². The van der Waals surface area contributed by atoms with Crippen LogP contribution in [-0.4, -0.2) is 62.7 Å². The van der Waals surface area contributed by atoms with Gasteiger partial charge in [0.2, 0.25) is 11.8 Å². The molecule has 0 unspecified atom stereocenters. The van der Waals surface area contributed by atoms with E-state index in [4.69, 9.17) is 9.97 Å². The molecule has 8 nitrogen and oxygen atoms in total. The lowest BCUT2D eigenvalue weighted by Crippen LogP contribution is -2.44. The van der Waals surface area contributed by atoms with E-state index in [1.54, 1.807) is 11.1 Å². The first-order chi connectivity index (χ1) is 16.1. The number of carbonyl (C=O) groups excluding carboxylic acids is 2. The molecule has 3 aliphatic rings. The fraction of sp³-hybridized carbons (Fsp3) is 0.560. The predicted molar refractivity (Wildman–Crippen MR) is 124 cm³/mol. The Balaban J connectivity index is 1.45. The van der Waals surface area contributed by atoms with E-state index in [1.807, 2.05) is 30.0 Å². The first-order valence-corrected chi connectivity index (χ1v) is 12.2. The number of amides is 2. The van der Waals surface area contributed by atoms with Gasteiger partial charge in [-0.05, 0) is 70.7 Å². The third-order valence-electron chi connectivity index (χ3n) is 7.08. The molecule has 0 saturated carbocycles. The monoisotopic (exact) mass is 448 g/mol. The van der Waals surface area contributed by atoms with Gasteiger partial charge in [-0.2, -0.15) is 0 Å². The Hall–Kier alpha value is -2.87. The fourth-order valence-corrected chi connectivity index (χ4v) is 5.29. The third kappa shape index (κ3) is 4.62. The minimum absolute atomic E-state index is 0.0582. The molecule has 0 N–H and O–H groups in total. The molecule has 2 saturated heterocycles. The van der Waals surface area contributed by atoms with Crippen LogP contribution >= 0.6 is 0 Å². The zero-order valence-corrected chi connectivity index (χ0v) is 19.4. The Labute approximate surface area is 195 Å². The second kappa shape index (κ2) is 9.55. The van der Waals surface area contributed by atoms with Gasteiger partial charge in [0.15, 0.2) is 5.82 Å². The molecule has 0 aromatic carbocycles. The Bertz CT molecular complexity index is 1020. The number of rotatable bonds is 5. The van der Waals surface area contributed by atoms with E-state index in [1.165, 1.54) is 12.8 Å². The van der Waals surface area contributed by atoms with E-state index >= 15 is 0 Å². The first-order valence-electron chi connectivity index (χ1n) is 12.2. The molecule has 5 rings (SSSR count). The van der Waals surface area contributed by atoms with Crippen molar-refractivity contribution in [1.82, 2.24) is 24.8 Å². The SMILES string of the molecule is Cc1nc([C@H]2CCCCN2C(=O)CN2CCCC2)nc2c1CCC(=O)N2Cc1ccccn1. The molecular formula is C25H32N6O2. The first kappa shape index (κ1) is 21.9. The largest absolute Gasteiger partial charge is 0.331 e. The summed E-state index contributed by atoms with van der Waals surface area (Å²) in [6.45, 7) is 5.62. The zero-order chi connectivity index (χ0) is 22.8. The maximum Gasteiger partial charge on any atom is 0.237 e. The lowest BCUT2D eigenvalue weighted by Gasteiger charge is -2.37. The third-order valence-corrected chi connectivity index (χ3v) is 7.08. The van der Waals surface area contributed by atoms with Crippen LogP contribution in [0, 0.1) is 6.92 Å². The molecule has 2 amide bonds. The lowest BCUT2D eigenvalue weighted by molar-refractivity contribution is -0.136. The van der Waals surface area contributed by atoms with E-state index < -0.39 is 0 Å². The summed E-state index contributed by atoms with van der Waals surface area (Å²) in [5.41, 5.74) is 2.77. The van der Waals surface area contributed by atoms with Crippen molar-refractivity contribution < 1.29 is 9.59 Å². The highest BCUT2D eigenvalue weighted by molar-refractivity contribution is 5.95. The van der Waals surface area contributed by atoms with Gasteiger partial charge in [0.1, 0.15) is 5.82 Å². The molecule has 0 aliphatic carbocycles. The van der Waals surface area contributed by atoms with Crippen molar-refractivity contribution in [2.75, 3.05) is 31.1 Å². The maximum atomic E-state index is 13.2. The second-order valence-electron chi connectivity index (χ2n) is 9.35. The van der Waals surface area contributed by atoms with Crippen LogP contribution in [0.25, 0.3) is 0 Å². The number of aryl methyl sites for hydroxylation is 1. The fourth-order valence-electron chi connectivity index (χ4n) is 5.29. The summed E-state index contributed by atoms with van der Waals surface area (Å²) in [4.78, 5) is 46.3. The van der Waals surface area contributed by atoms with Crippen molar-refractivity contribution in [2.24, 2.45) is 0 Å². The smallest absolute Gasteiger partial charge is 0.237 e. The lowest BCUT2D eigenvalue weighted by atomic mass is 9.99. The second-order valence-corrected chi connectivity index (χ2v) is 9.35. The highest BCUT2D eigenvalue weighted by Gasteiger charge is 2.34. The summed E-state index contributed by atoms with van der Waals surface area (Å²) in [5.74, 6) is 1.59. The van der Waals surface area contributed by atoms with E-state index in [2.05, 4.69) is 9.88 Å². The molecule has 8 heteroatoms. The van der Waals surface area contributed by atoms with Crippen molar-refractivity contribution in [1.29, 1.82) is 0 Å². The van der Waals surface area contributed by atoms with Crippen LogP contribution < -0.4 is 4.90 Å². The number of likely N-dealkylation sites (tertiary alicyclic amines) is 2.